The Morgan fingerprint density at radius 2 is 1.90 bits per heavy atom. The van der Waals surface area contributed by atoms with Crippen LogP contribution in [0.2, 0.25) is 0 Å². The molecule has 2 aromatic carbocycles. The number of anilines is 1. The van der Waals surface area contributed by atoms with Crippen LogP contribution in [0.4, 0.5) is 10.1 Å². The minimum Gasteiger partial charge on any atom is -0.300 e. The smallest absolute Gasteiger partial charge is 0.299 e. The Hall–Kier alpha value is -2.01. The summed E-state index contributed by atoms with van der Waals surface area (Å²) >= 11 is 3.28. The van der Waals surface area contributed by atoms with E-state index in [-0.39, 0.29) is 12.4 Å². The lowest BCUT2D eigenvalue weighted by Gasteiger charge is -2.17. The number of hydrogen-bond donors (Lipinski definition) is 0. The highest BCUT2D eigenvalue weighted by atomic mass is 79.9. The van der Waals surface area contributed by atoms with Crippen molar-refractivity contribution in [3.05, 3.63) is 63.4 Å². The topological polar surface area (TPSA) is 37.4 Å². The van der Waals surface area contributed by atoms with Gasteiger partial charge in [-0.2, -0.15) is 0 Å². The maximum absolute atomic E-state index is 13.1. The van der Waals surface area contributed by atoms with Crippen LogP contribution in [-0.2, 0) is 11.3 Å². The summed E-state index contributed by atoms with van der Waals surface area (Å²) in [5.74, 6) is -1.40. The number of amides is 1. The number of aryl methyl sites for hydroxylation is 1. The van der Waals surface area contributed by atoms with Gasteiger partial charge >= 0.3 is 0 Å². The highest BCUT2D eigenvalue weighted by molar-refractivity contribution is 9.10. The number of halogens is 2. The molecule has 3 nitrogen and oxygen atoms in total. The summed E-state index contributed by atoms with van der Waals surface area (Å²) in [6, 6.07) is 9.62. The second kappa shape index (κ2) is 5.07. The summed E-state index contributed by atoms with van der Waals surface area (Å²) in [5.41, 5.74) is 2.70. The molecule has 0 atom stereocenters. The zero-order valence-corrected chi connectivity index (χ0v) is 12.8. The molecule has 0 N–H and O–H groups in total. The van der Waals surface area contributed by atoms with E-state index >= 15 is 0 Å². The Kier molecular flexibility index (Phi) is 3.37. The van der Waals surface area contributed by atoms with Gasteiger partial charge in [0.15, 0.2) is 0 Å². The van der Waals surface area contributed by atoms with Crippen molar-refractivity contribution in [2.45, 2.75) is 13.5 Å². The van der Waals surface area contributed by atoms with Gasteiger partial charge in [-0.1, -0.05) is 33.6 Å². The van der Waals surface area contributed by atoms with Crippen molar-refractivity contribution in [3.63, 3.8) is 0 Å². The average molecular weight is 348 g/mol. The molecule has 5 heteroatoms. The third-order valence-corrected chi connectivity index (χ3v) is 4.21. The summed E-state index contributed by atoms with van der Waals surface area (Å²) in [7, 11) is 0. The van der Waals surface area contributed by atoms with E-state index in [1.165, 1.54) is 17.0 Å². The highest BCUT2D eigenvalue weighted by Gasteiger charge is 2.35. The van der Waals surface area contributed by atoms with Crippen LogP contribution in [0.25, 0.3) is 0 Å². The van der Waals surface area contributed by atoms with Crippen LogP contribution in [0.15, 0.2) is 40.9 Å². The molecule has 1 heterocycles. The number of rotatable bonds is 2. The van der Waals surface area contributed by atoms with E-state index in [0.29, 0.717) is 15.7 Å². The van der Waals surface area contributed by atoms with E-state index in [2.05, 4.69) is 15.9 Å². The van der Waals surface area contributed by atoms with Crippen LogP contribution < -0.4 is 4.90 Å². The Bertz CT molecular complexity index is 773. The molecule has 0 saturated heterocycles. The van der Waals surface area contributed by atoms with Crippen LogP contribution in [0.1, 0.15) is 21.5 Å². The molecule has 106 valence electrons. The van der Waals surface area contributed by atoms with Crippen molar-refractivity contribution in [2.24, 2.45) is 0 Å². The van der Waals surface area contributed by atoms with Gasteiger partial charge in [0.25, 0.3) is 11.7 Å². The highest BCUT2D eigenvalue weighted by Crippen LogP contribution is 2.32. The fourth-order valence-corrected chi connectivity index (χ4v) is 2.87. The molecule has 1 amide bonds. The fraction of sp³-hybridized carbons (Fsp3) is 0.125. The fourth-order valence-electron chi connectivity index (χ4n) is 2.39. The average Bonchev–Trinajstić information content (AvgIpc) is 2.66. The molecular weight excluding hydrogens is 337 g/mol. The first kappa shape index (κ1) is 13.9. The van der Waals surface area contributed by atoms with E-state index in [4.69, 9.17) is 0 Å². The van der Waals surface area contributed by atoms with Crippen LogP contribution in [-0.4, -0.2) is 11.7 Å². The van der Waals surface area contributed by atoms with Crippen LogP contribution in [0, 0.1) is 12.7 Å². The number of Topliss-reactive ketones (excluding diaryl/α,β-unsaturated/α-hetero) is 1. The molecule has 0 fully saturated rings. The van der Waals surface area contributed by atoms with Gasteiger partial charge in [0.05, 0.1) is 17.8 Å². The number of ketones is 1. The van der Waals surface area contributed by atoms with Crippen molar-refractivity contribution in [3.8, 4) is 0 Å². The van der Waals surface area contributed by atoms with Gasteiger partial charge in [0, 0.05) is 4.47 Å². The molecule has 0 aromatic heterocycles. The lowest BCUT2D eigenvalue weighted by Crippen LogP contribution is -2.29. The molecule has 0 bridgehead atoms. The van der Waals surface area contributed by atoms with Crippen LogP contribution in [0.3, 0.4) is 0 Å². The van der Waals surface area contributed by atoms with Gasteiger partial charge in [0.1, 0.15) is 5.82 Å². The lowest BCUT2D eigenvalue weighted by molar-refractivity contribution is -0.114. The first-order valence-corrected chi connectivity index (χ1v) is 7.17. The van der Waals surface area contributed by atoms with Crippen molar-refractivity contribution >= 4 is 33.3 Å². The van der Waals surface area contributed by atoms with Gasteiger partial charge in [-0.05, 0) is 36.8 Å². The minimum atomic E-state index is -0.549. The Balaban J connectivity index is 2.00. The zero-order chi connectivity index (χ0) is 15.1. The zero-order valence-electron chi connectivity index (χ0n) is 11.2. The predicted molar refractivity (Wildman–Crippen MR) is 80.8 cm³/mol. The lowest BCUT2D eigenvalue weighted by atomic mass is 10.1. The molecule has 0 radical (unpaired) electrons. The van der Waals surface area contributed by atoms with Crippen molar-refractivity contribution in [2.75, 3.05) is 4.90 Å². The maximum Gasteiger partial charge on any atom is 0.299 e. The van der Waals surface area contributed by atoms with Gasteiger partial charge < -0.3 is 4.90 Å². The third-order valence-electron chi connectivity index (χ3n) is 3.47. The summed E-state index contributed by atoms with van der Waals surface area (Å²) in [6.07, 6.45) is 0. The van der Waals surface area contributed by atoms with E-state index in [0.717, 1.165) is 11.1 Å². The molecule has 1 aliphatic heterocycles. The van der Waals surface area contributed by atoms with E-state index in [9.17, 15) is 14.0 Å². The molecule has 2 aromatic rings. The number of fused-ring (bicyclic) bond motifs is 1. The molecule has 0 unspecified atom stereocenters. The van der Waals surface area contributed by atoms with Crippen LogP contribution >= 0.6 is 15.9 Å². The summed E-state index contributed by atoms with van der Waals surface area (Å²) in [4.78, 5) is 25.6. The number of benzene rings is 2. The normalized spacial score (nSPS) is 13.8. The van der Waals surface area contributed by atoms with Crippen LogP contribution in [0.5, 0.6) is 0 Å². The molecule has 1 aliphatic rings. The molecule has 0 saturated carbocycles. The monoisotopic (exact) mass is 347 g/mol. The Labute approximate surface area is 129 Å². The summed E-state index contributed by atoms with van der Waals surface area (Å²) in [5, 5.41) is 0. The SMILES string of the molecule is Cc1ccc2c(c1)C(=O)C(=O)N2Cc1ccc(F)cc1Br. The predicted octanol–water partition coefficient (Wildman–Crippen LogP) is 3.63. The first-order chi connectivity index (χ1) is 9.97. The van der Waals surface area contributed by atoms with E-state index in [1.54, 1.807) is 18.2 Å². The summed E-state index contributed by atoms with van der Waals surface area (Å²) < 4.78 is 13.7. The maximum atomic E-state index is 13.1. The minimum absolute atomic E-state index is 0.224. The largest absolute Gasteiger partial charge is 0.300 e. The van der Waals surface area contributed by atoms with Gasteiger partial charge in [-0.3, -0.25) is 9.59 Å². The molecular formula is C16H11BrFNO2. The van der Waals surface area contributed by atoms with Gasteiger partial charge in [-0.15, -0.1) is 0 Å². The van der Waals surface area contributed by atoms with Crippen molar-refractivity contribution < 1.29 is 14.0 Å². The quantitative estimate of drug-likeness (QED) is 0.778. The van der Waals surface area contributed by atoms with Gasteiger partial charge in [0.2, 0.25) is 0 Å². The number of hydrogen-bond acceptors (Lipinski definition) is 2. The molecule has 3 rings (SSSR count). The standard InChI is InChI=1S/C16H11BrFNO2/c1-9-2-5-14-12(6-9)15(20)16(21)19(14)8-10-3-4-11(18)7-13(10)17/h2-7H,8H2,1H3. The first-order valence-electron chi connectivity index (χ1n) is 6.38. The second-order valence-electron chi connectivity index (χ2n) is 4.98. The number of carbonyl (C=O) groups is 2. The Morgan fingerprint density at radius 3 is 2.62 bits per heavy atom. The number of nitrogens with zero attached hydrogens (tertiary/aromatic N) is 1. The van der Waals surface area contributed by atoms with Crippen molar-refractivity contribution in [1.29, 1.82) is 0 Å². The second-order valence-corrected chi connectivity index (χ2v) is 5.83. The molecule has 21 heavy (non-hydrogen) atoms. The molecule has 0 spiro atoms. The Morgan fingerprint density at radius 1 is 1.14 bits per heavy atom. The molecule has 0 aliphatic carbocycles. The number of carbonyl (C=O) groups excluding carboxylic acids is 2. The van der Waals surface area contributed by atoms with Crippen molar-refractivity contribution in [1.82, 2.24) is 0 Å². The van der Waals surface area contributed by atoms with E-state index < -0.39 is 11.7 Å². The van der Waals surface area contributed by atoms with Gasteiger partial charge in [-0.25, -0.2) is 4.39 Å². The van der Waals surface area contributed by atoms with E-state index in [1.807, 2.05) is 13.0 Å². The third kappa shape index (κ3) is 2.38. The summed E-state index contributed by atoms with van der Waals surface area (Å²) in [6.45, 7) is 2.10.